The summed E-state index contributed by atoms with van der Waals surface area (Å²) in [5.41, 5.74) is 4.37. The molecule has 0 aliphatic heterocycles. The van der Waals surface area contributed by atoms with Gasteiger partial charge in [-0.25, -0.2) is 5.43 Å². The molecule has 1 heterocycles. The Kier molecular flexibility index (Phi) is 3.51. The quantitative estimate of drug-likeness (QED) is 0.580. The minimum Gasteiger partial charge on any atom is -0.316 e. The number of hydrogen-bond donors (Lipinski definition) is 1. The molecular weight excluding hydrogens is 262 g/mol. The Morgan fingerprint density at radius 2 is 1.90 bits per heavy atom. The lowest BCUT2D eigenvalue weighted by Gasteiger charge is -2.07. The van der Waals surface area contributed by atoms with Crippen molar-refractivity contribution < 1.29 is 4.79 Å². The van der Waals surface area contributed by atoms with Crippen LogP contribution in [0.5, 0.6) is 0 Å². The van der Waals surface area contributed by atoms with Crippen LogP contribution in [0.15, 0.2) is 65.9 Å². The van der Waals surface area contributed by atoms with Crippen LogP contribution in [0, 0.1) is 0 Å². The number of hydrazone groups is 1. The third-order valence-corrected chi connectivity index (χ3v) is 3.21. The summed E-state index contributed by atoms with van der Waals surface area (Å²) in [6, 6.07) is 18.4. The van der Waals surface area contributed by atoms with Gasteiger partial charge in [0, 0.05) is 18.8 Å². The van der Waals surface area contributed by atoms with Crippen molar-refractivity contribution in [1.29, 1.82) is 0 Å². The normalized spacial score (nSPS) is 11.1. The second-order valence-corrected chi connectivity index (χ2v) is 4.76. The van der Waals surface area contributed by atoms with Crippen molar-refractivity contribution >= 4 is 22.9 Å². The maximum absolute atomic E-state index is 10.8. The first-order valence-corrected chi connectivity index (χ1v) is 6.70. The maximum atomic E-state index is 10.8. The molecule has 0 spiro atoms. The Labute approximate surface area is 122 Å². The van der Waals surface area contributed by atoms with Crippen molar-refractivity contribution in [3.8, 4) is 5.69 Å². The molecule has 104 valence electrons. The number of carbonyl (C=O) groups is 1. The van der Waals surface area contributed by atoms with E-state index in [4.69, 9.17) is 0 Å². The number of hydrogen-bond acceptors (Lipinski definition) is 2. The molecule has 0 unspecified atom stereocenters. The van der Waals surface area contributed by atoms with E-state index in [-0.39, 0.29) is 5.91 Å². The topological polar surface area (TPSA) is 46.4 Å². The van der Waals surface area contributed by atoms with Crippen molar-refractivity contribution in [2.45, 2.75) is 6.92 Å². The lowest BCUT2D eigenvalue weighted by molar-refractivity contribution is -0.118. The van der Waals surface area contributed by atoms with Crippen LogP contribution in [0.3, 0.4) is 0 Å². The zero-order valence-electron chi connectivity index (χ0n) is 11.7. The number of amides is 1. The number of rotatable bonds is 3. The molecular formula is C17H15N3O. The second-order valence-electron chi connectivity index (χ2n) is 4.76. The Bertz CT molecular complexity index is 818. The number of aromatic nitrogens is 1. The van der Waals surface area contributed by atoms with Gasteiger partial charge in [0.05, 0.1) is 11.9 Å². The third-order valence-electron chi connectivity index (χ3n) is 3.21. The Hall–Kier alpha value is -2.88. The van der Waals surface area contributed by atoms with Crippen LogP contribution in [0.1, 0.15) is 12.6 Å². The first-order chi connectivity index (χ1) is 10.2. The number of fused-ring (bicyclic) bond motifs is 1. The molecule has 21 heavy (non-hydrogen) atoms. The standard InChI is InChI=1S/C17H15N3O/c1-13(21)19-18-12-17-7-4-10-20(17)16-9-8-14-5-2-3-6-15(14)11-16/h2-12H,1H3,(H,19,21)/b18-12+. The van der Waals surface area contributed by atoms with Gasteiger partial charge in [-0.3, -0.25) is 4.79 Å². The predicted molar refractivity (Wildman–Crippen MR) is 84.7 cm³/mol. The highest BCUT2D eigenvalue weighted by Crippen LogP contribution is 2.19. The van der Waals surface area contributed by atoms with Crippen LogP contribution in [0.4, 0.5) is 0 Å². The number of benzene rings is 2. The number of nitrogens with zero attached hydrogens (tertiary/aromatic N) is 2. The summed E-state index contributed by atoms with van der Waals surface area (Å²) in [7, 11) is 0. The summed E-state index contributed by atoms with van der Waals surface area (Å²) < 4.78 is 2.03. The van der Waals surface area contributed by atoms with Crippen LogP contribution in [0.25, 0.3) is 16.5 Å². The smallest absolute Gasteiger partial charge is 0.236 e. The van der Waals surface area contributed by atoms with Crippen molar-refractivity contribution in [3.63, 3.8) is 0 Å². The van der Waals surface area contributed by atoms with Gasteiger partial charge >= 0.3 is 0 Å². The van der Waals surface area contributed by atoms with E-state index in [1.807, 2.05) is 35.0 Å². The monoisotopic (exact) mass is 277 g/mol. The third kappa shape index (κ3) is 2.84. The fourth-order valence-corrected chi connectivity index (χ4v) is 2.25. The van der Waals surface area contributed by atoms with Gasteiger partial charge in [-0.15, -0.1) is 0 Å². The zero-order chi connectivity index (χ0) is 14.7. The lowest BCUT2D eigenvalue weighted by atomic mass is 10.1. The predicted octanol–water partition coefficient (Wildman–Crippen LogP) is 3.10. The van der Waals surface area contributed by atoms with Crippen molar-refractivity contribution in [2.75, 3.05) is 0 Å². The highest BCUT2D eigenvalue weighted by molar-refractivity contribution is 5.85. The summed E-state index contributed by atoms with van der Waals surface area (Å²) in [6.07, 6.45) is 3.61. The number of nitrogens with one attached hydrogen (secondary N) is 1. The van der Waals surface area contributed by atoms with Crippen molar-refractivity contribution in [2.24, 2.45) is 5.10 Å². The molecule has 3 aromatic rings. The molecule has 0 saturated heterocycles. The molecule has 1 aromatic heterocycles. The average molecular weight is 277 g/mol. The van der Waals surface area contributed by atoms with E-state index in [1.54, 1.807) is 6.21 Å². The highest BCUT2D eigenvalue weighted by atomic mass is 16.2. The van der Waals surface area contributed by atoms with Gasteiger partial charge in [0.2, 0.25) is 5.91 Å². The summed E-state index contributed by atoms with van der Waals surface area (Å²) in [6.45, 7) is 1.43. The molecule has 0 aliphatic rings. The molecule has 0 fully saturated rings. The van der Waals surface area contributed by atoms with E-state index >= 15 is 0 Å². The maximum Gasteiger partial charge on any atom is 0.236 e. The molecule has 2 aromatic carbocycles. The van der Waals surface area contributed by atoms with E-state index < -0.39 is 0 Å². The minimum atomic E-state index is -0.185. The van der Waals surface area contributed by atoms with E-state index in [0.717, 1.165) is 11.4 Å². The van der Waals surface area contributed by atoms with Gasteiger partial charge in [-0.1, -0.05) is 30.3 Å². The Morgan fingerprint density at radius 1 is 1.10 bits per heavy atom. The molecule has 4 heteroatoms. The second kappa shape index (κ2) is 5.63. The van der Waals surface area contributed by atoms with Gasteiger partial charge in [0.25, 0.3) is 0 Å². The average Bonchev–Trinajstić information content (AvgIpc) is 2.95. The number of carbonyl (C=O) groups excluding carboxylic acids is 1. The minimum absolute atomic E-state index is 0.185. The van der Waals surface area contributed by atoms with E-state index in [9.17, 15) is 4.79 Å². The van der Waals surface area contributed by atoms with E-state index in [0.29, 0.717) is 0 Å². The zero-order valence-corrected chi connectivity index (χ0v) is 11.7. The van der Waals surface area contributed by atoms with Crippen LogP contribution < -0.4 is 5.43 Å². The summed E-state index contributed by atoms with van der Waals surface area (Å²) in [4.78, 5) is 10.8. The first-order valence-electron chi connectivity index (χ1n) is 6.70. The SMILES string of the molecule is CC(=O)N/N=C/c1cccn1-c1ccc2ccccc2c1. The molecule has 0 saturated carbocycles. The molecule has 0 bridgehead atoms. The summed E-state index contributed by atoms with van der Waals surface area (Å²) in [5.74, 6) is -0.185. The Morgan fingerprint density at radius 3 is 2.71 bits per heavy atom. The molecule has 0 atom stereocenters. The largest absolute Gasteiger partial charge is 0.316 e. The van der Waals surface area contributed by atoms with Crippen LogP contribution in [-0.2, 0) is 4.79 Å². The molecule has 1 N–H and O–H groups in total. The molecule has 0 radical (unpaired) electrons. The fourth-order valence-electron chi connectivity index (χ4n) is 2.25. The van der Waals surface area contributed by atoms with Gasteiger partial charge in [-0.2, -0.15) is 5.10 Å². The molecule has 0 aliphatic carbocycles. The van der Waals surface area contributed by atoms with Crippen LogP contribution in [-0.4, -0.2) is 16.7 Å². The summed E-state index contributed by atoms with van der Waals surface area (Å²) in [5, 5.41) is 6.31. The van der Waals surface area contributed by atoms with Crippen molar-refractivity contribution in [3.05, 3.63) is 66.5 Å². The van der Waals surface area contributed by atoms with Crippen LogP contribution >= 0.6 is 0 Å². The van der Waals surface area contributed by atoms with Gasteiger partial charge in [0.15, 0.2) is 0 Å². The Balaban J connectivity index is 1.97. The van der Waals surface area contributed by atoms with E-state index in [2.05, 4.69) is 40.9 Å². The van der Waals surface area contributed by atoms with Gasteiger partial charge < -0.3 is 4.57 Å². The van der Waals surface area contributed by atoms with Gasteiger partial charge in [-0.05, 0) is 35.0 Å². The van der Waals surface area contributed by atoms with E-state index in [1.165, 1.54) is 17.7 Å². The lowest BCUT2D eigenvalue weighted by Crippen LogP contribution is -2.12. The van der Waals surface area contributed by atoms with Crippen molar-refractivity contribution in [1.82, 2.24) is 9.99 Å². The van der Waals surface area contributed by atoms with Gasteiger partial charge in [0.1, 0.15) is 0 Å². The summed E-state index contributed by atoms with van der Waals surface area (Å²) >= 11 is 0. The molecule has 1 amide bonds. The fraction of sp³-hybridized carbons (Fsp3) is 0.0588. The highest BCUT2D eigenvalue weighted by Gasteiger charge is 2.02. The van der Waals surface area contributed by atoms with Crippen LogP contribution in [0.2, 0.25) is 0 Å². The first kappa shape index (κ1) is 13.1. The molecule has 3 rings (SSSR count). The molecule has 4 nitrogen and oxygen atoms in total.